The number of aliphatic carboxylic acids is 1. The predicted octanol–water partition coefficient (Wildman–Crippen LogP) is 2.32. The highest BCUT2D eigenvalue weighted by Gasteiger charge is 2.36. The van der Waals surface area contributed by atoms with Crippen LogP contribution in [0.5, 0.6) is 0 Å². The highest BCUT2D eigenvalue weighted by atomic mass is 19.1. The second kappa shape index (κ2) is 5.90. The first kappa shape index (κ1) is 14.3. The van der Waals surface area contributed by atoms with E-state index in [1.165, 1.54) is 34.1 Å². The van der Waals surface area contributed by atoms with Crippen molar-refractivity contribution >= 4 is 17.7 Å². The van der Waals surface area contributed by atoms with Crippen LogP contribution in [0, 0.1) is 5.82 Å². The summed E-state index contributed by atoms with van der Waals surface area (Å²) in [6.45, 7) is 2.63. The number of carboxylic acid groups (broad SMARTS) is 1. The van der Waals surface area contributed by atoms with Crippen molar-refractivity contribution in [1.29, 1.82) is 0 Å². The normalized spacial score (nSPS) is 18.1. The number of hydrogen-bond acceptors (Lipinski definition) is 2. The maximum Gasteiger partial charge on any atom is 0.326 e. The van der Waals surface area contributed by atoms with Gasteiger partial charge in [0.25, 0.3) is 0 Å². The summed E-state index contributed by atoms with van der Waals surface area (Å²) in [5.74, 6) is -1.35. The predicted molar refractivity (Wildman–Crippen MR) is 72.2 cm³/mol. The number of anilines is 1. The van der Waals surface area contributed by atoms with Gasteiger partial charge < -0.3 is 10.0 Å². The van der Waals surface area contributed by atoms with E-state index >= 15 is 0 Å². The molecule has 1 aromatic carbocycles. The van der Waals surface area contributed by atoms with Crippen LogP contribution in [0.4, 0.5) is 14.9 Å². The van der Waals surface area contributed by atoms with Gasteiger partial charge in [0.15, 0.2) is 0 Å². The molecule has 1 aliphatic rings. The molecule has 1 fully saturated rings. The van der Waals surface area contributed by atoms with Crippen molar-refractivity contribution in [2.45, 2.75) is 25.8 Å². The summed E-state index contributed by atoms with van der Waals surface area (Å²) >= 11 is 0. The van der Waals surface area contributed by atoms with Gasteiger partial charge in [-0.3, -0.25) is 4.90 Å². The number of halogens is 1. The molecule has 0 bridgehead atoms. The standard InChI is InChI=1S/C14H17FN2O3/c1-2-16(11-7-5-10(15)6-8-11)14(20)17-9-3-4-12(17)13(18)19/h5-8,12H,2-4,9H2,1H3,(H,18,19)/t12-/m0/s1. The van der Waals surface area contributed by atoms with Crippen LogP contribution < -0.4 is 4.90 Å². The first-order valence-electron chi connectivity index (χ1n) is 6.61. The molecule has 0 radical (unpaired) electrons. The van der Waals surface area contributed by atoms with Gasteiger partial charge in [-0.15, -0.1) is 0 Å². The van der Waals surface area contributed by atoms with Crippen LogP contribution >= 0.6 is 0 Å². The van der Waals surface area contributed by atoms with E-state index in [1.807, 2.05) is 0 Å². The fourth-order valence-corrected chi connectivity index (χ4v) is 2.46. The van der Waals surface area contributed by atoms with E-state index in [1.54, 1.807) is 6.92 Å². The molecule has 0 aliphatic carbocycles. The summed E-state index contributed by atoms with van der Waals surface area (Å²) in [4.78, 5) is 26.4. The van der Waals surface area contributed by atoms with Gasteiger partial charge in [-0.2, -0.15) is 0 Å². The summed E-state index contributed by atoms with van der Waals surface area (Å²) in [5, 5.41) is 9.13. The zero-order valence-corrected chi connectivity index (χ0v) is 11.3. The Morgan fingerprint density at radius 1 is 1.40 bits per heavy atom. The summed E-state index contributed by atoms with van der Waals surface area (Å²) in [5.41, 5.74) is 0.565. The minimum absolute atomic E-state index is 0.344. The lowest BCUT2D eigenvalue weighted by Gasteiger charge is -2.29. The molecule has 0 saturated carbocycles. The Kier molecular flexibility index (Phi) is 4.22. The van der Waals surface area contributed by atoms with Crippen LogP contribution in [-0.4, -0.2) is 41.1 Å². The molecule has 0 unspecified atom stereocenters. The molecule has 20 heavy (non-hydrogen) atoms. The number of rotatable bonds is 3. The minimum atomic E-state index is -0.981. The highest BCUT2D eigenvalue weighted by Crippen LogP contribution is 2.23. The minimum Gasteiger partial charge on any atom is -0.480 e. The lowest BCUT2D eigenvalue weighted by molar-refractivity contribution is -0.141. The molecule has 5 nitrogen and oxygen atoms in total. The molecule has 1 saturated heterocycles. The molecule has 1 aliphatic heterocycles. The Hall–Kier alpha value is -2.11. The molecule has 6 heteroatoms. The zero-order chi connectivity index (χ0) is 14.7. The average Bonchev–Trinajstić information content (AvgIpc) is 2.91. The smallest absolute Gasteiger partial charge is 0.326 e. The molecular weight excluding hydrogens is 263 g/mol. The van der Waals surface area contributed by atoms with Crippen molar-refractivity contribution in [3.05, 3.63) is 30.1 Å². The number of carbonyl (C=O) groups is 2. The molecule has 1 atom stereocenters. The molecule has 1 aromatic rings. The van der Waals surface area contributed by atoms with Gasteiger partial charge in [0.1, 0.15) is 11.9 Å². The molecule has 0 spiro atoms. The molecule has 2 rings (SSSR count). The van der Waals surface area contributed by atoms with Crippen molar-refractivity contribution in [2.24, 2.45) is 0 Å². The van der Waals surface area contributed by atoms with Crippen molar-refractivity contribution in [3.63, 3.8) is 0 Å². The van der Waals surface area contributed by atoms with Crippen LogP contribution in [0.15, 0.2) is 24.3 Å². The topological polar surface area (TPSA) is 60.9 Å². The van der Waals surface area contributed by atoms with E-state index in [0.29, 0.717) is 31.6 Å². The molecular formula is C14H17FN2O3. The maximum absolute atomic E-state index is 12.9. The van der Waals surface area contributed by atoms with Crippen LogP contribution in [0.3, 0.4) is 0 Å². The zero-order valence-electron chi connectivity index (χ0n) is 11.3. The molecule has 108 valence electrons. The second-order valence-corrected chi connectivity index (χ2v) is 4.69. The Morgan fingerprint density at radius 2 is 2.05 bits per heavy atom. The fourth-order valence-electron chi connectivity index (χ4n) is 2.46. The average molecular weight is 280 g/mol. The number of nitrogens with zero attached hydrogens (tertiary/aromatic N) is 2. The molecule has 2 amide bonds. The number of likely N-dealkylation sites (tertiary alicyclic amines) is 1. The molecule has 1 N–H and O–H groups in total. The molecule has 0 aromatic heterocycles. The summed E-state index contributed by atoms with van der Waals surface area (Å²) < 4.78 is 12.9. The van der Waals surface area contributed by atoms with Crippen molar-refractivity contribution in [1.82, 2.24) is 4.90 Å². The van der Waals surface area contributed by atoms with E-state index in [4.69, 9.17) is 5.11 Å². The van der Waals surface area contributed by atoms with Crippen molar-refractivity contribution < 1.29 is 19.1 Å². The number of benzene rings is 1. The number of carbonyl (C=O) groups excluding carboxylic acids is 1. The number of amides is 2. The maximum atomic E-state index is 12.9. The lowest BCUT2D eigenvalue weighted by Crippen LogP contribution is -2.48. The van der Waals surface area contributed by atoms with Crippen LogP contribution in [0.2, 0.25) is 0 Å². The quantitative estimate of drug-likeness (QED) is 0.924. The van der Waals surface area contributed by atoms with Gasteiger partial charge in [0.2, 0.25) is 0 Å². The summed E-state index contributed by atoms with van der Waals surface area (Å²) in [7, 11) is 0. The number of carboxylic acids is 1. The van der Waals surface area contributed by atoms with Crippen LogP contribution in [0.25, 0.3) is 0 Å². The van der Waals surface area contributed by atoms with Crippen molar-refractivity contribution in [2.75, 3.05) is 18.0 Å². The van der Waals surface area contributed by atoms with E-state index in [2.05, 4.69) is 0 Å². The number of hydrogen-bond donors (Lipinski definition) is 1. The van der Waals surface area contributed by atoms with Crippen LogP contribution in [-0.2, 0) is 4.79 Å². The third-order valence-electron chi connectivity index (χ3n) is 3.47. The Bertz CT molecular complexity index is 504. The number of urea groups is 1. The summed E-state index contributed by atoms with van der Waals surface area (Å²) in [6.07, 6.45) is 1.16. The van der Waals surface area contributed by atoms with Gasteiger partial charge in [-0.05, 0) is 44.0 Å². The lowest BCUT2D eigenvalue weighted by atomic mass is 10.2. The Labute approximate surface area is 116 Å². The van der Waals surface area contributed by atoms with E-state index in [0.717, 1.165) is 0 Å². The third kappa shape index (κ3) is 2.74. The first-order chi connectivity index (χ1) is 9.54. The van der Waals surface area contributed by atoms with E-state index in [9.17, 15) is 14.0 Å². The Balaban J connectivity index is 2.21. The second-order valence-electron chi connectivity index (χ2n) is 4.69. The van der Waals surface area contributed by atoms with E-state index in [-0.39, 0.29) is 11.8 Å². The monoisotopic (exact) mass is 280 g/mol. The van der Waals surface area contributed by atoms with E-state index < -0.39 is 12.0 Å². The van der Waals surface area contributed by atoms with Gasteiger partial charge >= 0.3 is 12.0 Å². The molecule has 1 heterocycles. The van der Waals surface area contributed by atoms with Crippen LogP contribution in [0.1, 0.15) is 19.8 Å². The van der Waals surface area contributed by atoms with Gasteiger partial charge in [0, 0.05) is 18.8 Å². The van der Waals surface area contributed by atoms with Gasteiger partial charge in [0.05, 0.1) is 0 Å². The largest absolute Gasteiger partial charge is 0.480 e. The summed E-state index contributed by atoms with van der Waals surface area (Å²) in [6, 6.07) is 4.49. The Morgan fingerprint density at radius 3 is 2.60 bits per heavy atom. The third-order valence-corrected chi connectivity index (χ3v) is 3.47. The fraction of sp³-hybridized carbons (Fsp3) is 0.429. The highest BCUT2D eigenvalue weighted by molar-refractivity contribution is 5.94. The van der Waals surface area contributed by atoms with Crippen molar-refractivity contribution in [3.8, 4) is 0 Å². The van der Waals surface area contributed by atoms with Gasteiger partial charge in [-0.25, -0.2) is 14.0 Å². The van der Waals surface area contributed by atoms with Gasteiger partial charge in [-0.1, -0.05) is 0 Å². The first-order valence-corrected chi connectivity index (χ1v) is 6.61. The SMILES string of the molecule is CCN(C(=O)N1CCC[C@H]1C(=O)O)c1ccc(F)cc1.